The van der Waals surface area contributed by atoms with Gasteiger partial charge >= 0.3 is 5.69 Å². The van der Waals surface area contributed by atoms with Crippen LogP contribution in [0.3, 0.4) is 0 Å². The van der Waals surface area contributed by atoms with E-state index in [0.29, 0.717) is 29.8 Å². The Balaban J connectivity index is 1.87. The second-order valence-corrected chi connectivity index (χ2v) is 5.55. The molecular formula is C14H18N4O4. The smallest absolute Gasteiger partial charge is 0.332 e. The van der Waals surface area contributed by atoms with Gasteiger partial charge in [0.15, 0.2) is 11.2 Å². The normalized spacial score (nSPS) is 21.0. The Morgan fingerprint density at radius 3 is 2.77 bits per heavy atom. The number of aromatic nitrogens is 4. The number of aliphatic hydroxyl groups excluding tert-OH is 1. The van der Waals surface area contributed by atoms with Crippen LogP contribution in [0.4, 0.5) is 0 Å². The summed E-state index contributed by atoms with van der Waals surface area (Å²) in [6.07, 6.45) is 1.87. The molecular weight excluding hydrogens is 288 g/mol. The van der Waals surface area contributed by atoms with Crippen LogP contribution in [0.25, 0.3) is 11.2 Å². The molecule has 0 aliphatic carbocycles. The molecule has 2 atom stereocenters. The minimum atomic E-state index is -0.827. The van der Waals surface area contributed by atoms with Gasteiger partial charge in [-0.1, -0.05) is 6.58 Å². The van der Waals surface area contributed by atoms with Gasteiger partial charge in [0.1, 0.15) is 5.76 Å². The van der Waals surface area contributed by atoms with Gasteiger partial charge in [0.25, 0.3) is 5.56 Å². The van der Waals surface area contributed by atoms with Crippen LogP contribution in [0.2, 0.25) is 0 Å². The summed E-state index contributed by atoms with van der Waals surface area (Å²) < 4.78 is 9.09. The number of imidazole rings is 1. The van der Waals surface area contributed by atoms with E-state index in [1.165, 1.54) is 15.5 Å². The van der Waals surface area contributed by atoms with Crippen molar-refractivity contribution in [2.75, 3.05) is 0 Å². The number of aryl methyl sites for hydroxylation is 2. The first-order chi connectivity index (χ1) is 10.4. The first-order valence-corrected chi connectivity index (χ1v) is 7.06. The van der Waals surface area contributed by atoms with Crippen molar-refractivity contribution in [1.82, 2.24) is 18.7 Å². The molecule has 3 rings (SSSR count). The summed E-state index contributed by atoms with van der Waals surface area (Å²) >= 11 is 0. The second-order valence-electron chi connectivity index (χ2n) is 5.55. The predicted molar refractivity (Wildman–Crippen MR) is 79.2 cm³/mol. The van der Waals surface area contributed by atoms with Gasteiger partial charge in [-0.25, -0.2) is 9.78 Å². The maximum atomic E-state index is 12.5. The number of fused-ring (bicyclic) bond motifs is 1. The maximum Gasteiger partial charge on any atom is 0.332 e. The highest BCUT2D eigenvalue weighted by atomic mass is 16.6. The van der Waals surface area contributed by atoms with E-state index in [-0.39, 0.29) is 23.7 Å². The highest BCUT2D eigenvalue weighted by Gasteiger charge is 2.34. The molecule has 1 saturated heterocycles. The van der Waals surface area contributed by atoms with E-state index in [2.05, 4.69) is 11.6 Å². The fraction of sp³-hybridized carbons (Fsp3) is 0.500. The first kappa shape index (κ1) is 14.6. The molecule has 3 heterocycles. The predicted octanol–water partition coefficient (Wildman–Crippen LogP) is -0.308. The van der Waals surface area contributed by atoms with Crippen molar-refractivity contribution in [1.29, 1.82) is 0 Å². The van der Waals surface area contributed by atoms with Gasteiger partial charge in [-0.05, 0) is 12.8 Å². The lowest BCUT2D eigenvalue weighted by Gasteiger charge is -2.35. The third-order valence-corrected chi connectivity index (χ3v) is 4.13. The summed E-state index contributed by atoms with van der Waals surface area (Å²) in [4.78, 5) is 28.8. The zero-order valence-electron chi connectivity index (χ0n) is 12.5. The molecule has 0 saturated carbocycles. The molecule has 0 spiro atoms. The van der Waals surface area contributed by atoms with Crippen LogP contribution in [0.15, 0.2) is 28.3 Å². The van der Waals surface area contributed by atoms with Crippen LogP contribution >= 0.6 is 0 Å². The van der Waals surface area contributed by atoms with Gasteiger partial charge in [0.2, 0.25) is 6.29 Å². The Kier molecular flexibility index (Phi) is 3.40. The van der Waals surface area contributed by atoms with E-state index in [1.807, 2.05) is 0 Å². The molecule has 1 aliphatic heterocycles. The molecule has 0 aromatic carbocycles. The highest BCUT2D eigenvalue weighted by Crippen LogP contribution is 2.32. The lowest BCUT2D eigenvalue weighted by molar-refractivity contribution is -0.183. The van der Waals surface area contributed by atoms with Crippen molar-refractivity contribution in [3.63, 3.8) is 0 Å². The van der Waals surface area contributed by atoms with Crippen LogP contribution in [0.5, 0.6) is 0 Å². The summed E-state index contributed by atoms with van der Waals surface area (Å²) in [5, 5.41) is 9.45. The van der Waals surface area contributed by atoms with E-state index in [0.717, 1.165) is 0 Å². The summed E-state index contributed by atoms with van der Waals surface area (Å²) in [6.45, 7) is 3.97. The van der Waals surface area contributed by atoms with Gasteiger partial charge in [0.05, 0.1) is 12.2 Å². The molecule has 118 valence electrons. The monoisotopic (exact) mass is 306 g/mol. The zero-order valence-corrected chi connectivity index (χ0v) is 12.5. The van der Waals surface area contributed by atoms with Crippen molar-refractivity contribution in [3.05, 3.63) is 39.5 Å². The van der Waals surface area contributed by atoms with Gasteiger partial charge in [-0.15, -0.1) is 0 Å². The third-order valence-electron chi connectivity index (χ3n) is 4.13. The van der Waals surface area contributed by atoms with E-state index in [1.54, 1.807) is 18.7 Å². The number of nitrogens with zero attached hydrogens (tertiary/aromatic N) is 4. The average molecular weight is 306 g/mol. The third kappa shape index (κ3) is 2.07. The Bertz CT molecular complexity index is 860. The van der Waals surface area contributed by atoms with Gasteiger partial charge in [-0.3, -0.25) is 13.9 Å². The quantitative estimate of drug-likeness (QED) is 0.837. The van der Waals surface area contributed by atoms with Gasteiger partial charge in [-0.2, -0.15) is 0 Å². The van der Waals surface area contributed by atoms with Crippen LogP contribution in [0.1, 0.15) is 12.8 Å². The minimum absolute atomic E-state index is 0.125. The largest absolute Gasteiger partial charge is 0.469 e. The van der Waals surface area contributed by atoms with Crippen molar-refractivity contribution in [3.8, 4) is 0 Å². The molecule has 2 aromatic heterocycles. The molecule has 1 N–H and O–H groups in total. The summed E-state index contributed by atoms with van der Waals surface area (Å²) in [7, 11) is 3.32. The Morgan fingerprint density at radius 1 is 1.41 bits per heavy atom. The Labute approximate surface area is 125 Å². The summed E-state index contributed by atoms with van der Waals surface area (Å²) in [6, 6.07) is 0. The van der Waals surface area contributed by atoms with E-state index in [9.17, 15) is 14.7 Å². The van der Waals surface area contributed by atoms with Crippen molar-refractivity contribution < 1.29 is 9.84 Å². The van der Waals surface area contributed by atoms with Crippen LogP contribution in [-0.2, 0) is 25.4 Å². The van der Waals surface area contributed by atoms with Crippen molar-refractivity contribution >= 4 is 11.2 Å². The van der Waals surface area contributed by atoms with Crippen LogP contribution < -0.4 is 11.2 Å². The van der Waals surface area contributed by atoms with E-state index < -0.39 is 6.29 Å². The number of rotatable bonds is 4. The molecule has 0 radical (unpaired) electrons. The molecule has 1 fully saturated rings. The van der Waals surface area contributed by atoms with Crippen LogP contribution in [0, 0.1) is 5.92 Å². The van der Waals surface area contributed by atoms with Crippen molar-refractivity contribution in [2.45, 2.75) is 25.7 Å². The molecule has 2 aromatic rings. The number of aliphatic hydroxyl groups is 1. The fourth-order valence-electron chi connectivity index (χ4n) is 2.78. The van der Waals surface area contributed by atoms with Gasteiger partial charge in [0, 0.05) is 20.6 Å². The molecule has 0 bridgehead atoms. The number of ether oxygens (including phenoxy) is 1. The van der Waals surface area contributed by atoms with E-state index in [4.69, 9.17) is 4.74 Å². The zero-order chi connectivity index (χ0) is 16.0. The highest BCUT2D eigenvalue weighted by molar-refractivity contribution is 5.69. The Morgan fingerprint density at radius 2 is 2.14 bits per heavy atom. The SMILES string of the molecule is C=C1OC(O)C1CCCn1c(=O)c2c(ncn2C)n(C)c1=O. The minimum Gasteiger partial charge on any atom is -0.469 e. The van der Waals surface area contributed by atoms with Gasteiger partial charge < -0.3 is 14.4 Å². The van der Waals surface area contributed by atoms with Crippen LogP contribution in [-0.4, -0.2) is 30.1 Å². The summed E-state index contributed by atoms with van der Waals surface area (Å²) in [5.74, 6) is 0.426. The fourth-order valence-corrected chi connectivity index (χ4v) is 2.78. The molecule has 0 amide bonds. The molecule has 22 heavy (non-hydrogen) atoms. The molecule has 8 heteroatoms. The molecule has 2 unspecified atom stereocenters. The number of hydrogen-bond donors (Lipinski definition) is 1. The molecule has 8 nitrogen and oxygen atoms in total. The summed E-state index contributed by atoms with van der Waals surface area (Å²) in [5.41, 5.74) is 0.0474. The number of hydrogen-bond acceptors (Lipinski definition) is 5. The molecule has 1 aliphatic rings. The standard InChI is InChI=1S/C14H18N4O4/c1-8-9(13(20)22-8)5-4-6-18-12(19)10-11(15-7-16(10)2)17(3)14(18)21/h7,9,13,20H,1,4-6H2,2-3H3. The van der Waals surface area contributed by atoms with E-state index >= 15 is 0 Å². The second kappa shape index (κ2) is 5.13. The van der Waals surface area contributed by atoms with Crippen molar-refractivity contribution in [2.24, 2.45) is 20.0 Å². The topological polar surface area (TPSA) is 91.3 Å². The lowest BCUT2D eigenvalue weighted by atomic mass is 9.96. The average Bonchev–Trinajstić information content (AvgIpc) is 2.86. The maximum absolute atomic E-state index is 12.5. The Hall–Kier alpha value is -2.35. The lowest BCUT2D eigenvalue weighted by Crippen LogP contribution is -2.40. The first-order valence-electron chi connectivity index (χ1n) is 7.06.